The predicted octanol–water partition coefficient (Wildman–Crippen LogP) is 2.11. The summed E-state index contributed by atoms with van der Waals surface area (Å²) in [5, 5.41) is 22.5. The summed E-state index contributed by atoms with van der Waals surface area (Å²) in [6.45, 7) is 20.0. The zero-order chi connectivity index (χ0) is 48.3. The SMILES string of the molecule is CC[C@@H](C)[C@H]1NC(=O)[C@H](CCCCN)NC(=O)[C@@H]([C@H](C)CC)NC(=O)[C@H](C(C)C)NC(=O)[C@@H](C)NC(=O)[C@H]([C@@H](C)CC)NC(=O)[C@@H](CC(C)C)NC(=O)[C@@H](Cc2ccccc2)NC1=O. The molecule has 1 fully saturated rings. The fraction of sp³-hybridized carbons (Fsp3) is 0.702. The second kappa shape index (κ2) is 27.3. The number of hydrogen-bond acceptors (Lipinski definition) is 9. The second-order valence-electron chi connectivity index (χ2n) is 18.4. The fourth-order valence-electron chi connectivity index (χ4n) is 7.36. The quantitative estimate of drug-likeness (QED) is 0.117. The van der Waals surface area contributed by atoms with Gasteiger partial charge in [-0.25, -0.2) is 0 Å². The largest absolute Gasteiger partial charge is 0.343 e. The summed E-state index contributed by atoms with van der Waals surface area (Å²) in [5.74, 6) is -6.88. The fourth-order valence-corrected chi connectivity index (χ4v) is 7.36. The number of hydrogen-bond donors (Lipinski definition) is 9. The second-order valence-corrected chi connectivity index (χ2v) is 18.4. The van der Waals surface area contributed by atoms with E-state index >= 15 is 0 Å². The molecule has 2 rings (SSSR count). The van der Waals surface area contributed by atoms with Crippen molar-refractivity contribution in [1.29, 1.82) is 0 Å². The van der Waals surface area contributed by atoms with Gasteiger partial charge in [-0.15, -0.1) is 0 Å². The van der Waals surface area contributed by atoms with Crippen molar-refractivity contribution in [2.24, 2.45) is 35.3 Å². The smallest absolute Gasteiger partial charge is 0.243 e. The van der Waals surface area contributed by atoms with E-state index in [1.165, 1.54) is 6.92 Å². The van der Waals surface area contributed by atoms with Crippen molar-refractivity contribution in [3.05, 3.63) is 35.9 Å². The summed E-state index contributed by atoms with van der Waals surface area (Å²) in [6.07, 6.45) is 2.86. The van der Waals surface area contributed by atoms with Crippen LogP contribution in [-0.4, -0.2) is 102 Å². The molecule has 10 N–H and O–H groups in total. The molecule has 0 bridgehead atoms. The van der Waals surface area contributed by atoms with Crippen LogP contribution in [0.5, 0.6) is 0 Å². The van der Waals surface area contributed by atoms with Gasteiger partial charge in [0.1, 0.15) is 48.3 Å². The topological polar surface area (TPSA) is 259 Å². The Kier molecular flexibility index (Phi) is 23.5. The van der Waals surface area contributed by atoms with Crippen LogP contribution in [0.25, 0.3) is 0 Å². The van der Waals surface area contributed by atoms with E-state index in [4.69, 9.17) is 5.73 Å². The summed E-state index contributed by atoms with van der Waals surface area (Å²) in [4.78, 5) is 113. The number of unbranched alkanes of at least 4 members (excludes halogenated alkanes) is 1. The Bertz CT molecular complexity index is 1710. The van der Waals surface area contributed by atoms with Gasteiger partial charge in [0.15, 0.2) is 0 Å². The van der Waals surface area contributed by atoms with Crippen molar-refractivity contribution in [2.45, 2.75) is 176 Å². The van der Waals surface area contributed by atoms with Gasteiger partial charge in [0, 0.05) is 6.42 Å². The van der Waals surface area contributed by atoms with E-state index in [1.807, 2.05) is 40.7 Å². The van der Waals surface area contributed by atoms with Gasteiger partial charge < -0.3 is 48.3 Å². The first-order valence-electron chi connectivity index (χ1n) is 23.4. The normalized spacial score (nSPS) is 26.8. The molecule has 17 nitrogen and oxygen atoms in total. The van der Waals surface area contributed by atoms with Crippen molar-refractivity contribution in [1.82, 2.24) is 42.5 Å². The van der Waals surface area contributed by atoms with Crippen LogP contribution in [0.3, 0.4) is 0 Å². The molecule has 0 spiro atoms. The first-order valence-corrected chi connectivity index (χ1v) is 23.4. The minimum absolute atomic E-state index is 0.0472. The third-order valence-corrected chi connectivity index (χ3v) is 12.2. The zero-order valence-electron chi connectivity index (χ0n) is 40.1. The summed E-state index contributed by atoms with van der Waals surface area (Å²) in [5.41, 5.74) is 6.51. The molecule has 360 valence electrons. The van der Waals surface area contributed by atoms with Crippen molar-refractivity contribution in [2.75, 3.05) is 6.54 Å². The first-order chi connectivity index (χ1) is 30.2. The van der Waals surface area contributed by atoms with Gasteiger partial charge in [0.25, 0.3) is 0 Å². The van der Waals surface area contributed by atoms with Crippen molar-refractivity contribution >= 4 is 47.3 Å². The molecule has 0 radical (unpaired) electrons. The highest BCUT2D eigenvalue weighted by Gasteiger charge is 2.38. The van der Waals surface area contributed by atoms with Crippen molar-refractivity contribution < 1.29 is 38.4 Å². The van der Waals surface area contributed by atoms with Gasteiger partial charge in [0.2, 0.25) is 47.3 Å². The summed E-state index contributed by atoms with van der Waals surface area (Å²) >= 11 is 0. The lowest BCUT2D eigenvalue weighted by Gasteiger charge is -2.32. The van der Waals surface area contributed by atoms with E-state index in [0.717, 1.165) is 5.56 Å². The average Bonchev–Trinajstić information content (AvgIpc) is 3.25. The van der Waals surface area contributed by atoms with Crippen LogP contribution >= 0.6 is 0 Å². The predicted molar refractivity (Wildman–Crippen MR) is 247 cm³/mol. The lowest BCUT2D eigenvalue weighted by atomic mass is 9.95. The Labute approximate surface area is 380 Å². The van der Waals surface area contributed by atoms with Gasteiger partial charge in [0.05, 0.1) is 0 Å². The molecule has 1 saturated heterocycles. The monoisotopic (exact) mass is 898 g/mol. The minimum atomic E-state index is -1.20. The Morgan fingerprint density at radius 1 is 0.484 bits per heavy atom. The van der Waals surface area contributed by atoms with Crippen LogP contribution in [0.15, 0.2) is 30.3 Å². The number of benzene rings is 1. The van der Waals surface area contributed by atoms with Gasteiger partial charge in [-0.05, 0) is 74.3 Å². The summed E-state index contributed by atoms with van der Waals surface area (Å²) < 4.78 is 0. The molecule has 64 heavy (non-hydrogen) atoms. The molecule has 8 amide bonds. The summed E-state index contributed by atoms with van der Waals surface area (Å²) in [7, 11) is 0. The van der Waals surface area contributed by atoms with Crippen LogP contribution < -0.4 is 48.3 Å². The molecule has 0 unspecified atom stereocenters. The third-order valence-electron chi connectivity index (χ3n) is 12.2. The molecular weight excluding hydrogens is 819 g/mol. The van der Waals surface area contributed by atoms with E-state index in [1.54, 1.807) is 58.9 Å². The number of rotatable bonds is 15. The number of carbonyl (C=O) groups excluding carboxylic acids is 8. The number of amides is 8. The Morgan fingerprint density at radius 2 is 0.891 bits per heavy atom. The highest BCUT2D eigenvalue weighted by atomic mass is 16.2. The highest BCUT2D eigenvalue weighted by molar-refractivity contribution is 5.99. The lowest BCUT2D eigenvalue weighted by Crippen LogP contribution is -2.63. The molecule has 1 aliphatic heterocycles. The maximum absolute atomic E-state index is 14.4. The van der Waals surface area contributed by atoms with E-state index in [-0.39, 0.29) is 25.2 Å². The van der Waals surface area contributed by atoms with E-state index in [2.05, 4.69) is 42.5 Å². The number of carbonyl (C=O) groups is 8. The molecule has 1 aliphatic rings. The molecular formula is C47H79N9O8. The molecule has 0 aliphatic carbocycles. The number of nitrogens with two attached hydrogens (primary N) is 1. The first kappa shape index (κ1) is 55.1. The summed E-state index contributed by atoms with van der Waals surface area (Å²) in [6, 6.07) is -0.0528. The highest BCUT2D eigenvalue weighted by Crippen LogP contribution is 2.16. The van der Waals surface area contributed by atoms with Crippen LogP contribution in [0.2, 0.25) is 0 Å². The maximum Gasteiger partial charge on any atom is 0.243 e. The van der Waals surface area contributed by atoms with Crippen LogP contribution in [-0.2, 0) is 44.8 Å². The van der Waals surface area contributed by atoms with Gasteiger partial charge in [-0.2, -0.15) is 0 Å². The molecule has 0 saturated carbocycles. The van der Waals surface area contributed by atoms with E-state index in [0.29, 0.717) is 38.6 Å². The van der Waals surface area contributed by atoms with Crippen LogP contribution in [0, 0.1) is 29.6 Å². The Morgan fingerprint density at radius 3 is 1.36 bits per heavy atom. The van der Waals surface area contributed by atoms with Crippen molar-refractivity contribution in [3.8, 4) is 0 Å². The van der Waals surface area contributed by atoms with Gasteiger partial charge in [-0.3, -0.25) is 38.4 Å². The van der Waals surface area contributed by atoms with Crippen molar-refractivity contribution in [3.63, 3.8) is 0 Å². The molecule has 11 atom stereocenters. The van der Waals surface area contributed by atoms with Crippen LogP contribution in [0.1, 0.15) is 127 Å². The molecule has 1 heterocycles. The Balaban J connectivity index is 2.79. The van der Waals surface area contributed by atoms with Crippen LogP contribution in [0.4, 0.5) is 0 Å². The molecule has 17 heteroatoms. The van der Waals surface area contributed by atoms with E-state index in [9.17, 15) is 38.4 Å². The van der Waals surface area contributed by atoms with Gasteiger partial charge >= 0.3 is 0 Å². The standard InChI is InChI=1S/C47H79N9O8/c1-12-28(8)37-45(62)49-31(11)40(57)53-36(27(6)7)44(61)56-39(30(10)14-3)46(63)50-33(22-18-19-23-48)41(58)54-38(29(9)13-2)47(64)52-35(25-32-20-16-15-17-21-32)42(59)51-34(24-26(4)5)43(60)55-37/h15-17,20-21,26-31,33-39H,12-14,18-19,22-25,48H2,1-11H3,(H,49,62)(H,50,63)(H,51,59)(H,52,64)(H,53,57)(H,54,58)(H,55,60)(H,56,61)/t28-,29+,30+,31+,33-,34+,35+,36-,37-,38+,39+/m0/s1. The Hall–Kier alpha value is -5.06. The average molecular weight is 898 g/mol. The lowest BCUT2D eigenvalue weighted by molar-refractivity contribution is -0.138. The molecule has 1 aromatic rings. The van der Waals surface area contributed by atoms with E-state index < -0.39 is 119 Å². The zero-order valence-corrected chi connectivity index (χ0v) is 40.1. The number of nitrogens with one attached hydrogen (secondary N) is 8. The third kappa shape index (κ3) is 17.1. The maximum atomic E-state index is 14.4. The molecule has 1 aromatic carbocycles. The van der Waals surface area contributed by atoms with Gasteiger partial charge in [-0.1, -0.05) is 119 Å². The minimum Gasteiger partial charge on any atom is -0.343 e. The molecule has 0 aromatic heterocycles.